The predicted molar refractivity (Wildman–Crippen MR) is 41.5 cm³/mol. The van der Waals surface area contributed by atoms with E-state index in [-0.39, 0.29) is 0 Å². The van der Waals surface area contributed by atoms with Gasteiger partial charge in [-0.3, -0.25) is 4.98 Å². The zero-order valence-electron chi connectivity index (χ0n) is 4.13. The molecule has 48 valence electrons. The molecule has 1 nitrogen and oxygen atoms in total. The van der Waals surface area contributed by atoms with E-state index in [0.29, 0.717) is 6.54 Å². The topological polar surface area (TPSA) is 12.0 Å². The molecule has 0 aliphatic rings. The third kappa shape index (κ3) is 6.79. The van der Waals surface area contributed by atoms with Crippen LogP contribution in [-0.4, -0.2) is 12.7 Å². The van der Waals surface area contributed by atoms with Gasteiger partial charge >= 0.3 is 6.16 Å². The Kier molecular flexibility index (Phi) is 4.11. The standard InChI is InChI=1S/C3H6Cl3NSi/c1-2-3-7-8(4,5)6/h2,7H,1,3H2. The fourth-order valence-electron chi connectivity index (χ4n) is 0.188. The van der Waals surface area contributed by atoms with Crippen LogP contribution in [0.5, 0.6) is 0 Å². The molecule has 0 aliphatic heterocycles. The quantitative estimate of drug-likeness (QED) is 0.407. The highest BCUT2D eigenvalue weighted by molar-refractivity contribution is 7.63. The first kappa shape index (κ1) is 8.79. The summed E-state index contributed by atoms with van der Waals surface area (Å²) in [6.07, 6.45) is -0.935. The first-order valence-corrected chi connectivity index (χ1v) is 7.02. The average Bonchev–Trinajstić information content (AvgIpc) is 1.59. The van der Waals surface area contributed by atoms with Gasteiger partial charge in [0.05, 0.1) is 0 Å². The van der Waals surface area contributed by atoms with E-state index in [1.165, 1.54) is 0 Å². The lowest BCUT2D eigenvalue weighted by Gasteiger charge is -2.05. The van der Waals surface area contributed by atoms with Gasteiger partial charge in [-0.25, -0.2) is 0 Å². The van der Waals surface area contributed by atoms with Crippen molar-refractivity contribution in [2.24, 2.45) is 0 Å². The summed E-state index contributed by atoms with van der Waals surface area (Å²) in [6.45, 7) is 4.01. The molecule has 0 aliphatic carbocycles. The Labute approximate surface area is 63.8 Å². The molecule has 0 rings (SSSR count). The summed E-state index contributed by atoms with van der Waals surface area (Å²) in [5.74, 6) is 0. The van der Waals surface area contributed by atoms with Crippen molar-refractivity contribution in [1.82, 2.24) is 4.98 Å². The van der Waals surface area contributed by atoms with Gasteiger partial charge in [0.1, 0.15) is 0 Å². The van der Waals surface area contributed by atoms with Gasteiger partial charge in [-0.1, -0.05) is 6.08 Å². The summed E-state index contributed by atoms with van der Waals surface area (Å²) in [5, 5.41) is 0. The molecule has 0 aromatic heterocycles. The molecule has 8 heavy (non-hydrogen) atoms. The van der Waals surface area contributed by atoms with E-state index in [9.17, 15) is 0 Å². The Balaban J connectivity index is 3.24. The number of nitrogens with one attached hydrogen (secondary N) is 1. The van der Waals surface area contributed by atoms with Crippen LogP contribution in [-0.2, 0) is 0 Å². The minimum absolute atomic E-state index is 0.558. The smallest absolute Gasteiger partial charge is 0.298 e. The van der Waals surface area contributed by atoms with Crippen molar-refractivity contribution in [3.8, 4) is 0 Å². The Morgan fingerprint density at radius 1 is 1.50 bits per heavy atom. The van der Waals surface area contributed by atoms with Crippen molar-refractivity contribution < 1.29 is 0 Å². The zero-order valence-corrected chi connectivity index (χ0v) is 7.39. The van der Waals surface area contributed by atoms with Crippen LogP contribution in [0.1, 0.15) is 0 Å². The van der Waals surface area contributed by atoms with E-state index in [0.717, 1.165) is 0 Å². The summed E-state index contributed by atoms with van der Waals surface area (Å²) in [5.41, 5.74) is 0. The highest BCUT2D eigenvalue weighted by Gasteiger charge is 2.23. The van der Waals surface area contributed by atoms with E-state index in [4.69, 9.17) is 33.2 Å². The second-order valence-electron chi connectivity index (χ2n) is 1.17. The lowest BCUT2D eigenvalue weighted by molar-refractivity contribution is 1.10. The minimum Gasteiger partial charge on any atom is -0.298 e. The van der Waals surface area contributed by atoms with E-state index in [1.807, 2.05) is 0 Å². The molecule has 0 saturated carbocycles. The summed E-state index contributed by atoms with van der Waals surface area (Å²) in [7, 11) is 0. The van der Waals surface area contributed by atoms with Crippen LogP contribution in [0, 0.1) is 0 Å². The fraction of sp³-hybridized carbons (Fsp3) is 0.333. The SMILES string of the molecule is C=CCN[Si](Cl)(Cl)Cl. The number of hydrogen-bond acceptors (Lipinski definition) is 1. The van der Waals surface area contributed by atoms with Gasteiger partial charge in [0, 0.05) is 6.54 Å². The molecule has 1 N–H and O–H groups in total. The van der Waals surface area contributed by atoms with Crippen molar-refractivity contribution in [3.05, 3.63) is 12.7 Å². The van der Waals surface area contributed by atoms with Crippen molar-refractivity contribution >= 4 is 39.4 Å². The lowest BCUT2D eigenvalue weighted by atomic mass is 10.7. The maximum absolute atomic E-state index is 5.42. The zero-order chi connectivity index (χ0) is 6.62. The van der Waals surface area contributed by atoms with Gasteiger partial charge in [-0.15, -0.1) is 39.8 Å². The van der Waals surface area contributed by atoms with Gasteiger partial charge < -0.3 is 0 Å². The highest BCUT2D eigenvalue weighted by Crippen LogP contribution is 2.14. The largest absolute Gasteiger partial charge is 0.422 e. The van der Waals surface area contributed by atoms with Crippen molar-refractivity contribution in [1.29, 1.82) is 0 Å². The monoisotopic (exact) mass is 189 g/mol. The number of hydrogen-bond donors (Lipinski definition) is 1. The molecule has 0 aromatic rings. The number of rotatable bonds is 3. The van der Waals surface area contributed by atoms with E-state index in [2.05, 4.69) is 11.6 Å². The lowest BCUT2D eigenvalue weighted by Crippen LogP contribution is -2.34. The van der Waals surface area contributed by atoms with Crippen molar-refractivity contribution in [2.75, 3.05) is 6.54 Å². The maximum atomic E-state index is 5.42. The molecule has 0 spiro atoms. The second-order valence-corrected chi connectivity index (χ2v) is 9.36. The molecule has 0 bridgehead atoms. The molecule has 5 heteroatoms. The van der Waals surface area contributed by atoms with Crippen LogP contribution in [0.2, 0.25) is 0 Å². The van der Waals surface area contributed by atoms with Crippen LogP contribution in [0.25, 0.3) is 0 Å². The molecular formula is C3H6Cl3NSi. The summed E-state index contributed by atoms with van der Waals surface area (Å²) in [4.78, 5) is 2.69. The summed E-state index contributed by atoms with van der Waals surface area (Å²) >= 11 is 16.3. The van der Waals surface area contributed by atoms with Gasteiger partial charge in [-0.05, 0) is 0 Å². The van der Waals surface area contributed by atoms with E-state index in [1.54, 1.807) is 6.08 Å². The van der Waals surface area contributed by atoms with Crippen LogP contribution in [0.3, 0.4) is 0 Å². The Morgan fingerprint density at radius 2 is 2.00 bits per heavy atom. The first-order valence-electron chi connectivity index (χ1n) is 1.99. The Hall–Kier alpha value is 0.787. The van der Waals surface area contributed by atoms with Gasteiger partial charge in [-0.2, -0.15) is 0 Å². The molecule has 0 atom stereocenters. The molecule has 0 saturated heterocycles. The van der Waals surface area contributed by atoms with Gasteiger partial charge in [0.25, 0.3) is 0 Å². The third-order valence-corrected chi connectivity index (χ3v) is 2.25. The fourth-order valence-corrected chi connectivity index (χ4v) is 1.26. The van der Waals surface area contributed by atoms with Crippen LogP contribution in [0.4, 0.5) is 0 Å². The highest BCUT2D eigenvalue weighted by atomic mass is 35.8. The second kappa shape index (κ2) is 3.74. The normalized spacial score (nSPS) is 11.4. The van der Waals surface area contributed by atoms with Crippen LogP contribution >= 0.6 is 33.2 Å². The maximum Gasteiger partial charge on any atom is 0.422 e. The third-order valence-electron chi connectivity index (χ3n) is 0.447. The molecule has 0 radical (unpaired) electrons. The molecule has 0 aromatic carbocycles. The molecule has 0 amide bonds. The Bertz CT molecular complexity index is 79.1. The van der Waals surface area contributed by atoms with Crippen molar-refractivity contribution in [3.63, 3.8) is 0 Å². The van der Waals surface area contributed by atoms with Gasteiger partial charge in [0.2, 0.25) is 0 Å². The summed E-state index contributed by atoms with van der Waals surface area (Å²) in [6, 6.07) is 0. The van der Waals surface area contributed by atoms with E-state index >= 15 is 0 Å². The summed E-state index contributed by atoms with van der Waals surface area (Å²) < 4.78 is 0. The molecule has 0 fully saturated rings. The van der Waals surface area contributed by atoms with E-state index < -0.39 is 6.16 Å². The first-order chi connectivity index (χ1) is 3.56. The number of halogens is 3. The average molecular weight is 191 g/mol. The van der Waals surface area contributed by atoms with Gasteiger partial charge in [0.15, 0.2) is 0 Å². The Morgan fingerprint density at radius 3 is 2.12 bits per heavy atom. The van der Waals surface area contributed by atoms with Crippen molar-refractivity contribution in [2.45, 2.75) is 0 Å². The molecular weight excluding hydrogens is 184 g/mol. The minimum atomic E-state index is -2.58. The van der Waals surface area contributed by atoms with Crippen LogP contribution < -0.4 is 4.98 Å². The molecule has 0 unspecified atom stereocenters. The molecule has 0 heterocycles. The van der Waals surface area contributed by atoms with Crippen LogP contribution in [0.15, 0.2) is 12.7 Å². The predicted octanol–water partition coefficient (Wildman–Crippen LogP) is 1.91.